The Labute approximate surface area is 311 Å². The van der Waals surface area contributed by atoms with Crippen molar-refractivity contribution in [2.75, 3.05) is 104 Å². The predicted octanol–water partition coefficient (Wildman–Crippen LogP) is -0.952. The van der Waals surface area contributed by atoms with Crippen LogP contribution in [0.1, 0.15) is 38.7 Å². The van der Waals surface area contributed by atoms with Crippen LogP contribution in [0.2, 0.25) is 0 Å². The van der Waals surface area contributed by atoms with Crippen LogP contribution in [0.4, 0.5) is 5.69 Å². The van der Waals surface area contributed by atoms with Gasteiger partial charge in [-0.2, -0.15) is 0 Å². The predicted molar refractivity (Wildman–Crippen MR) is 194 cm³/mol. The first kappa shape index (κ1) is 47.7. The van der Waals surface area contributed by atoms with Crippen LogP contribution < -0.4 is 38.3 Å². The van der Waals surface area contributed by atoms with E-state index in [1.165, 1.54) is 0 Å². The van der Waals surface area contributed by atoms with Crippen molar-refractivity contribution in [3.63, 3.8) is 0 Å². The number of amides is 4. The normalized spacial score (nSPS) is 12.3. The molecule has 0 aliphatic carbocycles. The molecule has 1 aromatic carbocycles. The van der Waals surface area contributed by atoms with Gasteiger partial charge in [0.15, 0.2) is 0 Å². The van der Waals surface area contributed by atoms with Gasteiger partial charge >= 0.3 is 0 Å². The molecule has 304 valence electrons. The molecule has 2 atom stereocenters. The Morgan fingerprint density at radius 1 is 0.698 bits per heavy atom. The van der Waals surface area contributed by atoms with Crippen molar-refractivity contribution < 1.29 is 57.7 Å². The highest BCUT2D eigenvalue weighted by atomic mass is 17.1. The third-order valence-corrected chi connectivity index (χ3v) is 7.25. The largest absolute Gasteiger partial charge is 0.379 e. The summed E-state index contributed by atoms with van der Waals surface area (Å²) in [6, 6.07) is 4.94. The summed E-state index contributed by atoms with van der Waals surface area (Å²) >= 11 is 0. The van der Waals surface area contributed by atoms with E-state index in [4.69, 9.17) is 45.3 Å². The van der Waals surface area contributed by atoms with Crippen molar-refractivity contribution >= 4 is 29.3 Å². The van der Waals surface area contributed by atoms with Crippen LogP contribution in [0.3, 0.4) is 0 Å². The Kier molecular flexibility index (Phi) is 28.9. The molecule has 1 rings (SSSR count). The van der Waals surface area contributed by atoms with E-state index in [0.29, 0.717) is 103 Å². The van der Waals surface area contributed by atoms with Gasteiger partial charge in [0, 0.05) is 25.2 Å². The molecule has 0 aliphatic heterocycles. The van der Waals surface area contributed by atoms with E-state index in [2.05, 4.69) is 31.6 Å². The molecule has 10 N–H and O–H groups in total. The Hall–Kier alpha value is -3.34. The molecule has 0 saturated carbocycles. The third-order valence-electron chi connectivity index (χ3n) is 7.25. The molecule has 0 aliphatic rings. The van der Waals surface area contributed by atoms with Gasteiger partial charge in [0.1, 0.15) is 18.7 Å². The minimum atomic E-state index is -0.879. The number of nitrogens with two attached hydrogens (primary N) is 2. The van der Waals surface area contributed by atoms with Crippen LogP contribution in [0, 0.1) is 5.92 Å². The topological polar surface area (TPSA) is 265 Å². The molecule has 0 radical (unpaired) electrons. The van der Waals surface area contributed by atoms with Gasteiger partial charge in [-0.05, 0) is 36.5 Å². The zero-order valence-corrected chi connectivity index (χ0v) is 31.1. The molecule has 0 saturated heterocycles. The zero-order valence-electron chi connectivity index (χ0n) is 31.1. The lowest BCUT2D eigenvalue weighted by atomic mass is 10.0. The van der Waals surface area contributed by atoms with E-state index < -0.39 is 23.9 Å². The van der Waals surface area contributed by atoms with Gasteiger partial charge < -0.3 is 55.4 Å². The molecule has 4 amide bonds. The number of benzene rings is 1. The van der Waals surface area contributed by atoms with E-state index in [9.17, 15) is 19.2 Å². The molecule has 53 heavy (non-hydrogen) atoms. The minimum Gasteiger partial charge on any atom is -0.379 e. The maximum absolute atomic E-state index is 13.2. The van der Waals surface area contributed by atoms with Gasteiger partial charge in [0.25, 0.3) is 0 Å². The van der Waals surface area contributed by atoms with Crippen molar-refractivity contribution in [2.24, 2.45) is 17.5 Å². The molecule has 0 bridgehead atoms. The van der Waals surface area contributed by atoms with Crippen molar-refractivity contribution in [3.8, 4) is 0 Å². The molecular weight excluding hydrogens is 698 g/mol. The summed E-state index contributed by atoms with van der Waals surface area (Å²) < 4.78 is 32.6. The van der Waals surface area contributed by atoms with E-state index in [1.54, 1.807) is 38.1 Å². The average Bonchev–Trinajstić information content (AvgIpc) is 3.14. The second-order valence-electron chi connectivity index (χ2n) is 11.9. The average molecular weight is 760 g/mol. The van der Waals surface area contributed by atoms with Gasteiger partial charge in [0.2, 0.25) is 23.6 Å². The fourth-order valence-corrected chi connectivity index (χ4v) is 4.41. The van der Waals surface area contributed by atoms with Crippen LogP contribution in [0.5, 0.6) is 0 Å². The van der Waals surface area contributed by atoms with Gasteiger partial charge in [-0.3, -0.25) is 35.7 Å². The molecule has 1 aromatic rings. The summed E-state index contributed by atoms with van der Waals surface area (Å²) in [5, 5.41) is 19.5. The summed E-state index contributed by atoms with van der Waals surface area (Å²) in [4.78, 5) is 54.1. The number of carbonyl (C=O) groups excluding carboxylic acids is 4. The summed E-state index contributed by atoms with van der Waals surface area (Å²) in [6.45, 7) is 8.89. The molecule has 0 fully saturated rings. The number of ether oxygens (including phenoxy) is 6. The van der Waals surface area contributed by atoms with E-state index in [1.807, 2.05) is 0 Å². The molecule has 0 spiro atoms. The number of hydrogen-bond acceptors (Lipinski definition) is 15. The molecule has 0 aromatic heterocycles. The first-order valence-electron chi connectivity index (χ1n) is 17.8. The lowest BCUT2D eigenvalue weighted by Crippen LogP contribution is -2.54. The zero-order chi connectivity index (χ0) is 38.9. The molecule has 0 unspecified atom stereocenters. The second-order valence-corrected chi connectivity index (χ2v) is 11.9. The van der Waals surface area contributed by atoms with Gasteiger partial charge in [-0.15, -0.1) is 0 Å². The molecule has 19 nitrogen and oxygen atoms in total. The highest BCUT2D eigenvalue weighted by Gasteiger charge is 2.28. The maximum atomic E-state index is 13.2. The lowest BCUT2D eigenvalue weighted by Gasteiger charge is -2.25. The van der Waals surface area contributed by atoms with Gasteiger partial charge in [0.05, 0.1) is 85.8 Å². The Bertz CT molecular complexity index is 1120. The number of anilines is 1. The maximum Gasteiger partial charge on any atom is 0.246 e. The summed E-state index contributed by atoms with van der Waals surface area (Å²) in [5.41, 5.74) is 8.94. The SMILES string of the molecule is CC(C)[C@H](NC(=O)CCOCCOCCOCCOCCOCCOCCNC(=O)CN)C(=O)N[C@@H](CCCNN)C(=O)Nc1ccc(COO)cc1. The van der Waals surface area contributed by atoms with Crippen LogP contribution in [0.15, 0.2) is 24.3 Å². The van der Waals surface area contributed by atoms with Crippen molar-refractivity contribution in [1.82, 2.24) is 21.4 Å². The summed E-state index contributed by atoms with van der Waals surface area (Å²) in [5.74, 6) is 3.64. The monoisotopic (exact) mass is 759 g/mol. The number of hydrogen-bond donors (Lipinski definition) is 8. The lowest BCUT2D eigenvalue weighted by molar-refractivity contribution is -0.253. The van der Waals surface area contributed by atoms with Crippen molar-refractivity contribution in [1.29, 1.82) is 0 Å². The third kappa shape index (κ3) is 25.3. The quantitative estimate of drug-likeness (QED) is 0.0182. The Morgan fingerprint density at radius 2 is 1.23 bits per heavy atom. The Morgan fingerprint density at radius 3 is 1.72 bits per heavy atom. The van der Waals surface area contributed by atoms with Crippen LogP contribution in [-0.4, -0.2) is 140 Å². The van der Waals surface area contributed by atoms with E-state index in [-0.39, 0.29) is 50.5 Å². The highest BCUT2D eigenvalue weighted by Crippen LogP contribution is 2.12. The number of hydrazine groups is 1. The smallest absolute Gasteiger partial charge is 0.246 e. The van der Waals surface area contributed by atoms with Crippen LogP contribution in [0.25, 0.3) is 0 Å². The van der Waals surface area contributed by atoms with Crippen LogP contribution >= 0.6 is 0 Å². The fourth-order valence-electron chi connectivity index (χ4n) is 4.41. The molecule has 19 heteroatoms. The van der Waals surface area contributed by atoms with Gasteiger partial charge in [-0.25, -0.2) is 4.89 Å². The number of carbonyl (C=O) groups is 4. The number of rotatable bonds is 34. The summed E-state index contributed by atoms with van der Waals surface area (Å²) in [7, 11) is 0. The van der Waals surface area contributed by atoms with Crippen molar-refractivity contribution in [3.05, 3.63) is 29.8 Å². The summed E-state index contributed by atoms with van der Waals surface area (Å²) in [6.07, 6.45) is 0.864. The Balaban J connectivity index is 2.18. The molecule has 0 heterocycles. The minimum absolute atomic E-state index is 0.0106. The number of nitrogens with one attached hydrogen (secondary N) is 5. The first-order valence-corrected chi connectivity index (χ1v) is 17.8. The standard InChI is InChI=1S/C34H61N7O12/c1-26(2)32(34(45)40-29(4-3-10-38-36)33(44)39-28-7-5-27(6-8-28)25-53-46)41-30(42)9-12-47-14-16-49-18-20-51-22-23-52-21-19-50-17-15-48-13-11-37-31(43)24-35/h5-8,26,29,32,38,46H,3-4,9-25,35-36H2,1-2H3,(H,37,43)(H,39,44)(H,40,45)(H,41,42)/t29-,32-/m0/s1. The van der Waals surface area contributed by atoms with E-state index >= 15 is 0 Å². The van der Waals surface area contributed by atoms with Crippen molar-refractivity contribution in [2.45, 2.75) is 51.8 Å². The van der Waals surface area contributed by atoms with Crippen LogP contribution in [-0.2, 0) is 59.1 Å². The van der Waals surface area contributed by atoms with E-state index in [0.717, 1.165) is 0 Å². The fraction of sp³-hybridized carbons (Fsp3) is 0.706. The highest BCUT2D eigenvalue weighted by molar-refractivity contribution is 5.98. The second kappa shape index (κ2) is 32.1. The van der Waals surface area contributed by atoms with Gasteiger partial charge in [-0.1, -0.05) is 26.0 Å². The molecular formula is C34H61N7O12. The first-order chi connectivity index (χ1) is 25.7.